The lowest BCUT2D eigenvalue weighted by molar-refractivity contribution is 0.379. The minimum atomic E-state index is -0.252. The fraction of sp³-hybridized carbons (Fsp3) is 0.273. The third kappa shape index (κ3) is 1.83. The maximum atomic E-state index is 9.84. The lowest BCUT2D eigenvalue weighted by Gasteiger charge is -2.08. The number of benzene rings is 1. The molecule has 1 heterocycles. The first-order valence-electron chi connectivity index (χ1n) is 5.09. The van der Waals surface area contributed by atoms with Crippen molar-refractivity contribution in [3.63, 3.8) is 0 Å². The van der Waals surface area contributed by atoms with Gasteiger partial charge in [0, 0.05) is 0 Å². The Morgan fingerprint density at radius 1 is 1.29 bits per heavy atom. The van der Waals surface area contributed by atoms with Gasteiger partial charge in [0.1, 0.15) is 0 Å². The summed E-state index contributed by atoms with van der Waals surface area (Å²) in [4.78, 5) is 4.00. The molecule has 0 fully saturated rings. The lowest BCUT2D eigenvalue weighted by atomic mass is 10.0. The molecule has 1 aromatic carbocycles. The number of hydrogen-bond acceptors (Lipinski definition) is 6. The van der Waals surface area contributed by atoms with Gasteiger partial charge in [0.2, 0.25) is 11.7 Å². The highest BCUT2D eigenvalue weighted by Crippen LogP contribution is 2.39. The molecule has 0 radical (unpaired) electrons. The predicted octanol–water partition coefficient (Wildman–Crippen LogP) is 1.22. The van der Waals surface area contributed by atoms with Crippen molar-refractivity contribution < 1.29 is 14.7 Å². The lowest BCUT2D eigenvalue weighted by Crippen LogP contribution is -1.96. The van der Waals surface area contributed by atoms with Gasteiger partial charge in [0.15, 0.2) is 11.5 Å². The van der Waals surface area contributed by atoms with E-state index in [4.69, 9.17) is 10.3 Å². The third-order valence-corrected chi connectivity index (χ3v) is 2.67. The second-order valence-corrected chi connectivity index (χ2v) is 3.78. The summed E-state index contributed by atoms with van der Waals surface area (Å²) in [5, 5.41) is 23.3. The van der Waals surface area contributed by atoms with Gasteiger partial charge in [-0.3, -0.25) is 0 Å². The highest BCUT2D eigenvalue weighted by Gasteiger charge is 2.17. The molecule has 0 saturated heterocycles. The number of phenols is 2. The van der Waals surface area contributed by atoms with Gasteiger partial charge < -0.3 is 20.5 Å². The van der Waals surface area contributed by atoms with Gasteiger partial charge in [-0.25, -0.2) is 0 Å². The zero-order chi connectivity index (χ0) is 12.6. The third-order valence-electron chi connectivity index (χ3n) is 2.67. The maximum absolute atomic E-state index is 9.84. The number of rotatable bonds is 2. The van der Waals surface area contributed by atoms with Crippen molar-refractivity contribution in [1.82, 2.24) is 10.1 Å². The molecule has 0 saturated carbocycles. The maximum Gasteiger partial charge on any atom is 0.240 e. The molecule has 6 nitrogen and oxygen atoms in total. The SMILES string of the molecule is Cc1cc(-c2noc(CN)n2)c(O)c(O)c1C. The van der Waals surface area contributed by atoms with Crippen molar-refractivity contribution in [2.45, 2.75) is 20.4 Å². The summed E-state index contributed by atoms with van der Waals surface area (Å²) in [7, 11) is 0. The van der Waals surface area contributed by atoms with Crippen LogP contribution in [0.5, 0.6) is 11.5 Å². The van der Waals surface area contributed by atoms with Crippen LogP contribution in [0, 0.1) is 13.8 Å². The second-order valence-electron chi connectivity index (χ2n) is 3.78. The summed E-state index contributed by atoms with van der Waals surface area (Å²) in [6, 6.07) is 1.69. The molecule has 0 atom stereocenters. The fourth-order valence-electron chi connectivity index (χ4n) is 1.50. The van der Waals surface area contributed by atoms with Crippen LogP contribution in [0.1, 0.15) is 17.0 Å². The number of aromatic nitrogens is 2. The van der Waals surface area contributed by atoms with E-state index in [2.05, 4.69) is 10.1 Å². The first-order chi connectivity index (χ1) is 8.04. The quantitative estimate of drug-likeness (QED) is 0.676. The van der Waals surface area contributed by atoms with Crippen LogP contribution in [-0.2, 0) is 6.54 Å². The van der Waals surface area contributed by atoms with Crippen LogP contribution < -0.4 is 5.73 Å². The van der Waals surface area contributed by atoms with E-state index in [1.807, 2.05) is 6.92 Å². The van der Waals surface area contributed by atoms with E-state index < -0.39 is 0 Å². The molecular weight excluding hydrogens is 222 g/mol. The van der Waals surface area contributed by atoms with Crippen LogP contribution in [0.15, 0.2) is 10.6 Å². The predicted molar refractivity (Wildman–Crippen MR) is 60.4 cm³/mol. The molecule has 0 aliphatic carbocycles. The smallest absolute Gasteiger partial charge is 0.240 e. The average molecular weight is 235 g/mol. The van der Waals surface area contributed by atoms with Crippen molar-refractivity contribution in [3.05, 3.63) is 23.1 Å². The van der Waals surface area contributed by atoms with Gasteiger partial charge in [-0.2, -0.15) is 4.98 Å². The first-order valence-corrected chi connectivity index (χ1v) is 5.09. The molecule has 0 aliphatic heterocycles. The molecule has 0 bridgehead atoms. The Hall–Kier alpha value is -2.08. The normalized spacial score (nSPS) is 10.8. The van der Waals surface area contributed by atoms with E-state index in [-0.39, 0.29) is 29.8 Å². The largest absolute Gasteiger partial charge is 0.504 e. The molecule has 0 spiro atoms. The van der Waals surface area contributed by atoms with Gasteiger partial charge in [-0.1, -0.05) is 5.16 Å². The van der Waals surface area contributed by atoms with E-state index >= 15 is 0 Å². The van der Waals surface area contributed by atoms with Gasteiger partial charge in [-0.15, -0.1) is 0 Å². The molecule has 4 N–H and O–H groups in total. The van der Waals surface area contributed by atoms with Crippen molar-refractivity contribution in [2.75, 3.05) is 0 Å². The first kappa shape index (κ1) is 11.4. The number of hydrogen-bond donors (Lipinski definition) is 3. The second kappa shape index (κ2) is 4.06. The minimum Gasteiger partial charge on any atom is -0.504 e. The molecule has 2 aromatic rings. The van der Waals surface area contributed by atoms with Gasteiger partial charge >= 0.3 is 0 Å². The Balaban J connectivity index is 2.59. The molecule has 1 aromatic heterocycles. The van der Waals surface area contributed by atoms with Crippen LogP contribution in [-0.4, -0.2) is 20.4 Å². The molecule has 6 heteroatoms. The van der Waals surface area contributed by atoms with Crippen LogP contribution in [0.2, 0.25) is 0 Å². The van der Waals surface area contributed by atoms with E-state index in [0.29, 0.717) is 11.1 Å². The highest BCUT2D eigenvalue weighted by atomic mass is 16.5. The number of nitrogens with two attached hydrogens (primary N) is 1. The molecule has 17 heavy (non-hydrogen) atoms. The summed E-state index contributed by atoms with van der Waals surface area (Å²) in [5.74, 6) is 0.0648. The monoisotopic (exact) mass is 235 g/mol. The van der Waals surface area contributed by atoms with E-state index in [0.717, 1.165) is 5.56 Å². The Morgan fingerprint density at radius 3 is 2.59 bits per heavy atom. The number of aromatic hydroxyl groups is 2. The molecule has 2 rings (SSSR count). The van der Waals surface area contributed by atoms with E-state index in [1.165, 1.54) is 0 Å². The Bertz CT molecular complexity index is 563. The number of phenolic OH excluding ortho intramolecular Hbond substituents is 2. The molecule has 0 aliphatic rings. The zero-order valence-corrected chi connectivity index (χ0v) is 9.56. The Labute approximate surface area is 97.7 Å². The van der Waals surface area contributed by atoms with Crippen LogP contribution >= 0.6 is 0 Å². The molecular formula is C11H13N3O3. The van der Waals surface area contributed by atoms with Crippen LogP contribution in [0.3, 0.4) is 0 Å². The zero-order valence-electron chi connectivity index (χ0n) is 9.56. The van der Waals surface area contributed by atoms with Crippen molar-refractivity contribution >= 4 is 0 Å². The topological polar surface area (TPSA) is 105 Å². The number of aryl methyl sites for hydroxylation is 1. The summed E-state index contributed by atoms with van der Waals surface area (Å²) >= 11 is 0. The van der Waals surface area contributed by atoms with Crippen molar-refractivity contribution in [2.24, 2.45) is 5.73 Å². The molecule has 0 amide bonds. The van der Waals surface area contributed by atoms with Gasteiger partial charge in [0.25, 0.3) is 0 Å². The van der Waals surface area contributed by atoms with Crippen LogP contribution in [0.4, 0.5) is 0 Å². The average Bonchev–Trinajstić information content (AvgIpc) is 2.79. The Kier molecular flexibility index (Phi) is 2.72. The van der Waals surface area contributed by atoms with Crippen LogP contribution in [0.25, 0.3) is 11.4 Å². The van der Waals surface area contributed by atoms with E-state index in [9.17, 15) is 10.2 Å². The van der Waals surface area contributed by atoms with Crippen molar-refractivity contribution in [1.29, 1.82) is 0 Å². The molecule has 90 valence electrons. The molecule has 0 unspecified atom stereocenters. The van der Waals surface area contributed by atoms with E-state index in [1.54, 1.807) is 13.0 Å². The summed E-state index contributed by atoms with van der Waals surface area (Å²) in [6.07, 6.45) is 0. The standard InChI is InChI=1S/C11H13N3O3/c1-5-3-7(10(16)9(15)6(5)2)11-13-8(4-12)17-14-11/h3,15-16H,4,12H2,1-2H3. The fourth-order valence-corrected chi connectivity index (χ4v) is 1.50. The van der Waals surface area contributed by atoms with Gasteiger partial charge in [0.05, 0.1) is 12.1 Å². The summed E-state index contributed by atoms with van der Waals surface area (Å²) < 4.78 is 4.85. The van der Waals surface area contributed by atoms with Crippen molar-refractivity contribution in [3.8, 4) is 22.9 Å². The summed E-state index contributed by atoms with van der Waals surface area (Å²) in [6.45, 7) is 3.67. The number of nitrogens with zero attached hydrogens (tertiary/aromatic N) is 2. The van der Waals surface area contributed by atoms with Gasteiger partial charge in [-0.05, 0) is 31.0 Å². The minimum absolute atomic E-state index is 0.130. The highest BCUT2D eigenvalue weighted by molar-refractivity contribution is 5.70. The summed E-state index contributed by atoms with van der Waals surface area (Å²) in [5.41, 5.74) is 7.13. The Morgan fingerprint density at radius 2 is 2.00 bits per heavy atom.